The summed E-state index contributed by atoms with van der Waals surface area (Å²) in [4.78, 5) is 11.7. The van der Waals surface area contributed by atoms with Crippen LogP contribution in [-0.4, -0.2) is 12.5 Å². The van der Waals surface area contributed by atoms with Crippen molar-refractivity contribution in [2.45, 2.75) is 12.8 Å². The van der Waals surface area contributed by atoms with Crippen molar-refractivity contribution >= 4 is 5.91 Å². The smallest absolute Gasteiger partial charge is 0.224 e. The van der Waals surface area contributed by atoms with Crippen LogP contribution in [0.5, 0.6) is 0 Å². The summed E-state index contributed by atoms with van der Waals surface area (Å²) in [6.07, 6.45) is 0.638. The number of carbonyl (C=O) groups excluding carboxylic acids is 1. The molecule has 0 unspecified atom stereocenters. The third-order valence-electron chi connectivity index (χ3n) is 2.94. The zero-order valence-electron chi connectivity index (χ0n) is 10.9. The zero-order valence-corrected chi connectivity index (χ0v) is 10.9. The quantitative estimate of drug-likeness (QED) is 0.893. The Morgan fingerprint density at radius 2 is 1.80 bits per heavy atom. The molecule has 0 bridgehead atoms. The Labute approximate surface area is 116 Å². The number of carbonyl (C=O) groups is 1. The van der Waals surface area contributed by atoms with Gasteiger partial charge in [0, 0.05) is 12.6 Å². The van der Waals surface area contributed by atoms with Crippen molar-refractivity contribution in [1.29, 1.82) is 0 Å². The number of halogens is 2. The lowest BCUT2D eigenvalue weighted by molar-refractivity contribution is -0.120. The first-order valence-electron chi connectivity index (χ1n) is 6.40. The number of amides is 1. The molecule has 2 nitrogen and oxygen atoms in total. The highest BCUT2D eigenvalue weighted by atomic mass is 19.1. The van der Waals surface area contributed by atoms with Crippen molar-refractivity contribution in [1.82, 2.24) is 5.32 Å². The number of hydrogen-bond acceptors (Lipinski definition) is 1. The normalized spacial score (nSPS) is 10.3. The number of nitrogens with one attached hydrogen (secondary N) is 1. The molecule has 0 aliphatic heterocycles. The molecule has 1 N–H and O–H groups in total. The molecule has 0 saturated heterocycles. The number of hydrogen-bond donors (Lipinski definition) is 1. The fraction of sp³-hybridized carbons (Fsp3) is 0.188. The molecule has 2 aromatic rings. The van der Waals surface area contributed by atoms with Gasteiger partial charge in [0.15, 0.2) is 0 Å². The van der Waals surface area contributed by atoms with Crippen molar-refractivity contribution in [3.63, 3.8) is 0 Å². The van der Waals surface area contributed by atoms with E-state index in [1.165, 1.54) is 12.1 Å². The summed E-state index contributed by atoms with van der Waals surface area (Å²) in [5, 5.41) is 2.72. The molecule has 0 aliphatic rings. The Balaban J connectivity index is 1.79. The summed E-state index contributed by atoms with van der Waals surface area (Å²) in [5.41, 5.74) is 1.32. The van der Waals surface area contributed by atoms with Crippen molar-refractivity contribution in [2.75, 3.05) is 6.54 Å². The van der Waals surface area contributed by atoms with Crippen LogP contribution in [0.3, 0.4) is 0 Å². The molecule has 1 amide bonds. The molecule has 4 heteroatoms. The molecule has 0 fully saturated rings. The van der Waals surface area contributed by atoms with Crippen LogP contribution in [0.4, 0.5) is 8.78 Å². The molecule has 0 heterocycles. The van der Waals surface area contributed by atoms with Crippen LogP contribution in [0.15, 0.2) is 48.5 Å². The Morgan fingerprint density at radius 3 is 2.50 bits per heavy atom. The van der Waals surface area contributed by atoms with E-state index >= 15 is 0 Å². The highest BCUT2D eigenvalue weighted by Gasteiger charge is 2.05. The molecule has 2 rings (SSSR count). The van der Waals surface area contributed by atoms with Crippen LogP contribution in [0.25, 0.3) is 0 Å². The van der Waals surface area contributed by atoms with Crippen LogP contribution >= 0.6 is 0 Å². The minimum atomic E-state index is -0.598. The summed E-state index contributed by atoms with van der Waals surface area (Å²) in [6.45, 7) is 0.328. The molecular weight excluding hydrogens is 260 g/mol. The summed E-state index contributed by atoms with van der Waals surface area (Å²) in [6, 6.07) is 12.8. The summed E-state index contributed by atoms with van der Waals surface area (Å²) in [5.74, 6) is -1.29. The van der Waals surface area contributed by atoms with E-state index < -0.39 is 11.6 Å². The minimum absolute atomic E-state index is 0.112. The lowest BCUT2D eigenvalue weighted by atomic mass is 10.1. The Hall–Kier alpha value is -2.23. The van der Waals surface area contributed by atoms with Gasteiger partial charge < -0.3 is 5.32 Å². The fourth-order valence-corrected chi connectivity index (χ4v) is 1.90. The van der Waals surface area contributed by atoms with Crippen LogP contribution in [0.2, 0.25) is 0 Å². The van der Waals surface area contributed by atoms with Crippen molar-refractivity contribution < 1.29 is 13.6 Å². The van der Waals surface area contributed by atoms with E-state index in [-0.39, 0.29) is 5.91 Å². The molecule has 0 aromatic heterocycles. The molecule has 2 aromatic carbocycles. The van der Waals surface area contributed by atoms with Crippen LogP contribution in [0.1, 0.15) is 11.1 Å². The predicted molar refractivity (Wildman–Crippen MR) is 73.2 cm³/mol. The number of benzene rings is 2. The first kappa shape index (κ1) is 14.2. The van der Waals surface area contributed by atoms with Gasteiger partial charge in [0.05, 0.1) is 6.42 Å². The standard InChI is InChI=1S/C16H15F2NO/c17-14-7-6-13(15(18)11-14)8-9-19-16(20)10-12-4-2-1-3-5-12/h1-7,11H,8-10H2,(H,19,20). The lowest BCUT2D eigenvalue weighted by Crippen LogP contribution is -2.27. The maximum atomic E-state index is 13.4. The maximum absolute atomic E-state index is 13.4. The molecule has 20 heavy (non-hydrogen) atoms. The van der Waals surface area contributed by atoms with Crippen molar-refractivity contribution in [2.24, 2.45) is 0 Å². The van der Waals surface area contributed by atoms with E-state index in [9.17, 15) is 13.6 Å². The summed E-state index contributed by atoms with van der Waals surface area (Å²) >= 11 is 0. The van der Waals surface area contributed by atoms with E-state index in [0.29, 0.717) is 24.9 Å². The van der Waals surface area contributed by atoms with Gasteiger partial charge in [-0.05, 0) is 23.6 Å². The molecule has 0 aliphatic carbocycles. The van der Waals surface area contributed by atoms with E-state index in [0.717, 1.165) is 11.6 Å². The van der Waals surface area contributed by atoms with Crippen LogP contribution < -0.4 is 5.32 Å². The second kappa shape index (κ2) is 6.80. The van der Waals surface area contributed by atoms with Gasteiger partial charge in [-0.2, -0.15) is 0 Å². The monoisotopic (exact) mass is 275 g/mol. The van der Waals surface area contributed by atoms with Crippen molar-refractivity contribution in [3.8, 4) is 0 Å². The maximum Gasteiger partial charge on any atom is 0.224 e. The van der Waals surface area contributed by atoms with E-state index in [1.807, 2.05) is 30.3 Å². The molecule has 104 valence electrons. The zero-order chi connectivity index (χ0) is 14.4. The van der Waals surface area contributed by atoms with Gasteiger partial charge in [0.25, 0.3) is 0 Å². The predicted octanol–water partition coefficient (Wildman–Crippen LogP) is 2.87. The molecular formula is C16H15F2NO. The topological polar surface area (TPSA) is 29.1 Å². The SMILES string of the molecule is O=C(Cc1ccccc1)NCCc1ccc(F)cc1F. The molecule has 0 spiro atoms. The van der Waals surface area contributed by atoms with Gasteiger partial charge in [0.1, 0.15) is 11.6 Å². The average Bonchev–Trinajstić information content (AvgIpc) is 2.42. The highest BCUT2D eigenvalue weighted by molar-refractivity contribution is 5.78. The van der Waals surface area contributed by atoms with E-state index in [4.69, 9.17) is 0 Å². The van der Waals surface area contributed by atoms with Gasteiger partial charge in [-0.3, -0.25) is 4.79 Å². The van der Waals surface area contributed by atoms with Gasteiger partial charge in [-0.15, -0.1) is 0 Å². The number of rotatable bonds is 5. The summed E-state index contributed by atoms with van der Waals surface area (Å²) < 4.78 is 26.1. The largest absolute Gasteiger partial charge is 0.355 e. The van der Waals surface area contributed by atoms with Gasteiger partial charge >= 0.3 is 0 Å². The fourth-order valence-electron chi connectivity index (χ4n) is 1.90. The van der Waals surface area contributed by atoms with E-state index in [2.05, 4.69) is 5.32 Å². The van der Waals surface area contributed by atoms with Gasteiger partial charge in [0.2, 0.25) is 5.91 Å². The second-order valence-corrected chi connectivity index (χ2v) is 4.50. The van der Waals surface area contributed by atoms with Crippen LogP contribution in [0, 0.1) is 11.6 Å². The molecule has 0 atom stereocenters. The average molecular weight is 275 g/mol. The molecule has 0 saturated carbocycles. The van der Waals surface area contributed by atoms with Gasteiger partial charge in [-0.25, -0.2) is 8.78 Å². The third kappa shape index (κ3) is 4.16. The van der Waals surface area contributed by atoms with Gasteiger partial charge in [-0.1, -0.05) is 36.4 Å². The lowest BCUT2D eigenvalue weighted by Gasteiger charge is -2.06. The highest BCUT2D eigenvalue weighted by Crippen LogP contribution is 2.09. The van der Waals surface area contributed by atoms with Crippen molar-refractivity contribution in [3.05, 3.63) is 71.3 Å². The minimum Gasteiger partial charge on any atom is -0.355 e. The van der Waals surface area contributed by atoms with E-state index in [1.54, 1.807) is 0 Å². The second-order valence-electron chi connectivity index (χ2n) is 4.50. The van der Waals surface area contributed by atoms with Crippen LogP contribution in [-0.2, 0) is 17.6 Å². The Bertz CT molecular complexity index is 584. The Kier molecular flexibility index (Phi) is 4.82. The first-order valence-corrected chi connectivity index (χ1v) is 6.40. The summed E-state index contributed by atoms with van der Waals surface area (Å²) in [7, 11) is 0. The molecule has 0 radical (unpaired) electrons. The first-order chi connectivity index (χ1) is 9.65. The Morgan fingerprint density at radius 1 is 1.05 bits per heavy atom. The third-order valence-corrected chi connectivity index (χ3v) is 2.94.